The van der Waals surface area contributed by atoms with E-state index in [0.29, 0.717) is 19.8 Å². The molecule has 0 spiro atoms. The van der Waals surface area contributed by atoms with Gasteiger partial charge in [-0.1, -0.05) is 36.8 Å². The van der Waals surface area contributed by atoms with E-state index in [1.807, 2.05) is 32.0 Å². The van der Waals surface area contributed by atoms with Crippen LogP contribution >= 0.6 is 0 Å². The van der Waals surface area contributed by atoms with Crippen LogP contribution in [0, 0.1) is 5.92 Å². The van der Waals surface area contributed by atoms with Crippen molar-refractivity contribution in [2.45, 2.75) is 65.1 Å². The van der Waals surface area contributed by atoms with E-state index in [1.54, 1.807) is 0 Å². The molecule has 2 unspecified atom stereocenters. The standard InChI is InChI=1S/C22H36N4O2/c1-4-23-22(24-13-14-28-16-18-9-6-5-7-10-18)26-20-12-8-11-19(15-20)21(27)25-17(2)3/h5-7,9-10,17,19-20H,4,8,11-16H2,1-3H3,(H,25,27)(H2,23,24,26). The monoisotopic (exact) mass is 388 g/mol. The minimum absolute atomic E-state index is 0.0886. The second-order valence-electron chi connectivity index (χ2n) is 7.67. The summed E-state index contributed by atoms with van der Waals surface area (Å²) in [5.41, 5.74) is 1.17. The minimum Gasteiger partial charge on any atom is -0.375 e. The van der Waals surface area contributed by atoms with E-state index in [1.165, 1.54) is 5.56 Å². The van der Waals surface area contributed by atoms with Crippen LogP contribution in [0.1, 0.15) is 52.0 Å². The number of carbonyl (C=O) groups excluding carboxylic acids is 1. The molecule has 0 bridgehead atoms. The molecule has 1 fully saturated rings. The van der Waals surface area contributed by atoms with E-state index in [9.17, 15) is 4.79 Å². The van der Waals surface area contributed by atoms with Gasteiger partial charge in [-0.25, -0.2) is 0 Å². The maximum atomic E-state index is 12.3. The number of nitrogens with zero attached hydrogens (tertiary/aromatic N) is 1. The Bertz CT molecular complexity index is 604. The fourth-order valence-corrected chi connectivity index (χ4v) is 3.46. The largest absolute Gasteiger partial charge is 0.375 e. The van der Waals surface area contributed by atoms with E-state index in [2.05, 4.69) is 40.0 Å². The molecule has 1 saturated carbocycles. The molecule has 1 aliphatic rings. The van der Waals surface area contributed by atoms with Crippen molar-refractivity contribution in [3.05, 3.63) is 35.9 Å². The number of aliphatic imine (C=N–C) groups is 1. The van der Waals surface area contributed by atoms with Gasteiger partial charge in [0.25, 0.3) is 0 Å². The molecule has 0 aliphatic heterocycles. The lowest BCUT2D eigenvalue weighted by Crippen LogP contribution is -2.47. The molecule has 0 aromatic heterocycles. The molecule has 0 heterocycles. The third kappa shape index (κ3) is 8.30. The maximum absolute atomic E-state index is 12.3. The zero-order chi connectivity index (χ0) is 20.2. The zero-order valence-corrected chi connectivity index (χ0v) is 17.5. The number of hydrogen-bond donors (Lipinski definition) is 3. The van der Waals surface area contributed by atoms with Crippen molar-refractivity contribution in [2.24, 2.45) is 10.9 Å². The maximum Gasteiger partial charge on any atom is 0.223 e. The number of guanidine groups is 1. The highest BCUT2D eigenvalue weighted by atomic mass is 16.5. The second kappa shape index (κ2) is 12.4. The molecule has 28 heavy (non-hydrogen) atoms. The van der Waals surface area contributed by atoms with Gasteiger partial charge < -0.3 is 20.7 Å². The van der Waals surface area contributed by atoms with Gasteiger partial charge in [0, 0.05) is 24.5 Å². The van der Waals surface area contributed by atoms with Crippen molar-refractivity contribution in [1.82, 2.24) is 16.0 Å². The Morgan fingerprint density at radius 2 is 2.04 bits per heavy atom. The molecule has 3 N–H and O–H groups in total. The average Bonchev–Trinajstić information content (AvgIpc) is 2.68. The van der Waals surface area contributed by atoms with Gasteiger partial charge in [0.15, 0.2) is 5.96 Å². The summed E-state index contributed by atoms with van der Waals surface area (Å²) in [6.45, 7) is 8.67. The summed E-state index contributed by atoms with van der Waals surface area (Å²) in [6.07, 6.45) is 3.96. The molecular weight excluding hydrogens is 352 g/mol. The van der Waals surface area contributed by atoms with Crippen LogP contribution in [0.25, 0.3) is 0 Å². The number of benzene rings is 1. The van der Waals surface area contributed by atoms with E-state index in [4.69, 9.17) is 4.74 Å². The van der Waals surface area contributed by atoms with E-state index in [-0.39, 0.29) is 23.9 Å². The van der Waals surface area contributed by atoms with Crippen LogP contribution in [0.3, 0.4) is 0 Å². The summed E-state index contributed by atoms with van der Waals surface area (Å²) in [7, 11) is 0. The lowest BCUT2D eigenvalue weighted by molar-refractivity contribution is -0.126. The molecule has 0 radical (unpaired) electrons. The highest BCUT2D eigenvalue weighted by Crippen LogP contribution is 2.24. The van der Waals surface area contributed by atoms with Crippen LogP contribution in [0.5, 0.6) is 0 Å². The molecule has 1 aromatic rings. The summed E-state index contributed by atoms with van der Waals surface area (Å²) >= 11 is 0. The predicted molar refractivity (Wildman–Crippen MR) is 114 cm³/mol. The van der Waals surface area contributed by atoms with E-state index < -0.39 is 0 Å². The summed E-state index contributed by atoms with van der Waals surface area (Å²) in [6, 6.07) is 10.6. The van der Waals surface area contributed by atoms with E-state index >= 15 is 0 Å². The summed E-state index contributed by atoms with van der Waals surface area (Å²) < 4.78 is 5.71. The molecule has 1 aliphatic carbocycles. The first kappa shape index (κ1) is 22.2. The number of rotatable bonds is 9. The van der Waals surface area contributed by atoms with Crippen molar-refractivity contribution in [2.75, 3.05) is 19.7 Å². The van der Waals surface area contributed by atoms with Crippen LogP contribution in [-0.4, -0.2) is 43.6 Å². The van der Waals surface area contributed by atoms with Gasteiger partial charge in [-0.15, -0.1) is 0 Å². The summed E-state index contributed by atoms with van der Waals surface area (Å²) in [5.74, 6) is 1.07. The Morgan fingerprint density at radius 1 is 1.25 bits per heavy atom. The molecule has 6 heteroatoms. The number of carbonyl (C=O) groups is 1. The van der Waals surface area contributed by atoms with Crippen molar-refractivity contribution in [3.8, 4) is 0 Å². The van der Waals surface area contributed by atoms with Gasteiger partial charge in [-0.05, 0) is 45.6 Å². The fourth-order valence-electron chi connectivity index (χ4n) is 3.46. The lowest BCUT2D eigenvalue weighted by atomic mass is 9.85. The van der Waals surface area contributed by atoms with Gasteiger partial charge in [0.1, 0.15) is 0 Å². The van der Waals surface area contributed by atoms with Crippen molar-refractivity contribution in [3.63, 3.8) is 0 Å². The molecule has 156 valence electrons. The predicted octanol–water partition coefficient (Wildman–Crippen LogP) is 2.84. The van der Waals surface area contributed by atoms with Crippen molar-refractivity contribution in [1.29, 1.82) is 0 Å². The topological polar surface area (TPSA) is 74.8 Å². The van der Waals surface area contributed by atoms with Gasteiger partial charge in [-0.3, -0.25) is 9.79 Å². The lowest BCUT2D eigenvalue weighted by Gasteiger charge is -2.30. The Balaban J connectivity index is 1.77. The Labute approximate surface area is 169 Å². The quantitative estimate of drug-likeness (QED) is 0.345. The average molecular weight is 389 g/mol. The number of ether oxygens (including phenoxy) is 1. The van der Waals surface area contributed by atoms with Gasteiger partial charge in [0.05, 0.1) is 19.8 Å². The first-order valence-corrected chi connectivity index (χ1v) is 10.5. The molecule has 6 nitrogen and oxygen atoms in total. The molecule has 2 rings (SSSR count). The normalized spacial score (nSPS) is 20.1. The summed E-state index contributed by atoms with van der Waals surface area (Å²) in [5, 5.41) is 9.85. The van der Waals surface area contributed by atoms with Crippen LogP contribution in [-0.2, 0) is 16.1 Å². The number of amides is 1. The third-order valence-corrected chi connectivity index (χ3v) is 4.78. The van der Waals surface area contributed by atoms with Crippen LogP contribution in [0.2, 0.25) is 0 Å². The highest BCUT2D eigenvalue weighted by molar-refractivity contribution is 5.81. The van der Waals surface area contributed by atoms with Crippen LogP contribution < -0.4 is 16.0 Å². The van der Waals surface area contributed by atoms with Gasteiger partial charge >= 0.3 is 0 Å². The molecule has 2 atom stereocenters. The van der Waals surface area contributed by atoms with Crippen molar-refractivity contribution < 1.29 is 9.53 Å². The fraction of sp³-hybridized carbons (Fsp3) is 0.636. The van der Waals surface area contributed by atoms with Crippen LogP contribution in [0.15, 0.2) is 35.3 Å². The number of hydrogen-bond acceptors (Lipinski definition) is 3. The third-order valence-electron chi connectivity index (χ3n) is 4.78. The first-order chi connectivity index (χ1) is 13.6. The SMILES string of the molecule is CCNC(=NCCOCc1ccccc1)NC1CCCC(C(=O)NC(C)C)C1. The Hall–Kier alpha value is -2.08. The van der Waals surface area contributed by atoms with Gasteiger partial charge in [0.2, 0.25) is 5.91 Å². The summed E-state index contributed by atoms with van der Waals surface area (Å²) in [4.78, 5) is 17.0. The van der Waals surface area contributed by atoms with Gasteiger partial charge in [-0.2, -0.15) is 0 Å². The Morgan fingerprint density at radius 3 is 2.75 bits per heavy atom. The molecular formula is C22H36N4O2. The highest BCUT2D eigenvalue weighted by Gasteiger charge is 2.27. The second-order valence-corrected chi connectivity index (χ2v) is 7.67. The molecule has 1 amide bonds. The first-order valence-electron chi connectivity index (χ1n) is 10.5. The molecule has 0 saturated heterocycles. The molecule has 1 aromatic carbocycles. The number of nitrogens with one attached hydrogen (secondary N) is 3. The minimum atomic E-state index is 0.0886. The smallest absolute Gasteiger partial charge is 0.223 e. The van der Waals surface area contributed by atoms with E-state index in [0.717, 1.165) is 38.2 Å². The zero-order valence-electron chi connectivity index (χ0n) is 17.5. The Kier molecular flexibility index (Phi) is 9.83. The van der Waals surface area contributed by atoms with Crippen molar-refractivity contribution >= 4 is 11.9 Å². The van der Waals surface area contributed by atoms with Crippen LogP contribution in [0.4, 0.5) is 0 Å².